The second-order valence-corrected chi connectivity index (χ2v) is 3.23. The highest BCUT2D eigenvalue weighted by atomic mass is 35.5. The lowest BCUT2D eigenvalue weighted by molar-refractivity contribution is 0.0682. The van der Waals surface area contributed by atoms with Gasteiger partial charge in [-0.25, -0.2) is 4.79 Å². The standard InChI is InChI=1S/C9H7ClN2O4/c1-15-5-4-11-12(8(5)9(13)14)7-3-2-6(10)16-7/h2-4H,1H3,(H,13,14). The summed E-state index contributed by atoms with van der Waals surface area (Å²) < 4.78 is 11.0. The fraction of sp³-hybridized carbons (Fsp3) is 0.111. The molecule has 0 saturated carbocycles. The molecule has 0 aliphatic heterocycles. The molecule has 0 saturated heterocycles. The van der Waals surface area contributed by atoms with E-state index in [0.717, 1.165) is 4.68 Å². The first kappa shape index (κ1) is 10.6. The van der Waals surface area contributed by atoms with Gasteiger partial charge in [0.05, 0.1) is 13.3 Å². The summed E-state index contributed by atoms with van der Waals surface area (Å²) in [6.07, 6.45) is 1.29. The maximum absolute atomic E-state index is 11.0. The highest BCUT2D eigenvalue weighted by Crippen LogP contribution is 2.23. The van der Waals surface area contributed by atoms with Gasteiger partial charge >= 0.3 is 5.97 Å². The summed E-state index contributed by atoms with van der Waals surface area (Å²) in [5.41, 5.74) is -0.117. The maximum atomic E-state index is 11.0. The van der Waals surface area contributed by atoms with E-state index in [2.05, 4.69) is 5.10 Å². The van der Waals surface area contributed by atoms with Gasteiger partial charge in [0, 0.05) is 6.07 Å². The molecule has 2 aromatic rings. The van der Waals surface area contributed by atoms with E-state index < -0.39 is 5.97 Å². The molecular weight excluding hydrogens is 236 g/mol. The smallest absolute Gasteiger partial charge is 0.358 e. The molecule has 6 nitrogen and oxygen atoms in total. The highest BCUT2D eigenvalue weighted by Gasteiger charge is 2.21. The summed E-state index contributed by atoms with van der Waals surface area (Å²) in [6, 6.07) is 3.01. The molecule has 2 heterocycles. The van der Waals surface area contributed by atoms with Crippen LogP contribution in [0.3, 0.4) is 0 Å². The first-order chi connectivity index (χ1) is 7.63. The zero-order valence-electron chi connectivity index (χ0n) is 8.18. The molecule has 0 aliphatic rings. The Hall–Kier alpha value is -1.95. The van der Waals surface area contributed by atoms with Crippen molar-refractivity contribution in [3.8, 4) is 11.6 Å². The van der Waals surface area contributed by atoms with Gasteiger partial charge in [0.15, 0.2) is 16.7 Å². The predicted molar refractivity (Wildman–Crippen MR) is 54.4 cm³/mol. The minimum Gasteiger partial charge on any atom is -0.493 e. The van der Waals surface area contributed by atoms with Crippen LogP contribution in [0.15, 0.2) is 22.7 Å². The van der Waals surface area contributed by atoms with Crippen molar-refractivity contribution in [2.75, 3.05) is 7.11 Å². The number of methoxy groups -OCH3 is 1. The number of carbonyl (C=O) groups is 1. The van der Waals surface area contributed by atoms with Crippen LogP contribution in [-0.2, 0) is 0 Å². The van der Waals surface area contributed by atoms with E-state index in [1.165, 1.54) is 25.4 Å². The average Bonchev–Trinajstić information content (AvgIpc) is 2.82. The number of ether oxygens (including phenoxy) is 1. The Balaban J connectivity index is 2.57. The van der Waals surface area contributed by atoms with Gasteiger partial charge in [0.1, 0.15) is 0 Å². The minimum absolute atomic E-state index is 0.117. The van der Waals surface area contributed by atoms with Crippen LogP contribution < -0.4 is 4.74 Å². The van der Waals surface area contributed by atoms with Gasteiger partial charge < -0.3 is 14.3 Å². The predicted octanol–water partition coefficient (Wildman–Crippen LogP) is 1.83. The number of furan rings is 1. The number of halogens is 1. The molecule has 0 bridgehead atoms. The first-order valence-corrected chi connectivity index (χ1v) is 4.62. The van der Waals surface area contributed by atoms with Crippen LogP contribution >= 0.6 is 11.6 Å². The molecule has 2 aromatic heterocycles. The maximum Gasteiger partial charge on any atom is 0.358 e. The van der Waals surface area contributed by atoms with Crippen LogP contribution in [0.4, 0.5) is 0 Å². The van der Waals surface area contributed by atoms with Crippen LogP contribution in [0.1, 0.15) is 10.5 Å². The fourth-order valence-corrected chi connectivity index (χ4v) is 1.41. The molecule has 0 amide bonds. The molecule has 1 N–H and O–H groups in total. The van der Waals surface area contributed by atoms with Crippen molar-refractivity contribution in [3.05, 3.63) is 29.2 Å². The topological polar surface area (TPSA) is 77.5 Å². The van der Waals surface area contributed by atoms with Crippen molar-refractivity contribution < 1.29 is 19.1 Å². The van der Waals surface area contributed by atoms with E-state index in [-0.39, 0.29) is 22.5 Å². The average molecular weight is 243 g/mol. The molecule has 84 valence electrons. The van der Waals surface area contributed by atoms with E-state index in [1.54, 1.807) is 0 Å². The second kappa shape index (κ2) is 3.90. The van der Waals surface area contributed by atoms with Crippen LogP contribution in [-0.4, -0.2) is 28.0 Å². The first-order valence-electron chi connectivity index (χ1n) is 4.24. The van der Waals surface area contributed by atoms with Gasteiger partial charge in [-0.15, -0.1) is 0 Å². The highest BCUT2D eigenvalue weighted by molar-refractivity contribution is 6.28. The molecule has 0 aromatic carbocycles. The van der Waals surface area contributed by atoms with Crippen molar-refractivity contribution in [1.29, 1.82) is 0 Å². The van der Waals surface area contributed by atoms with Gasteiger partial charge in [0.2, 0.25) is 5.88 Å². The molecular formula is C9H7ClN2O4. The Bertz CT molecular complexity index is 531. The van der Waals surface area contributed by atoms with E-state index in [4.69, 9.17) is 25.9 Å². The lowest BCUT2D eigenvalue weighted by atomic mass is 10.4. The second-order valence-electron chi connectivity index (χ2n) is 2.86. The van der Waals surface area contributed by atoms with Crippen LogP contribution in [0, 0.1) is 0 Å². The lowest BCUT2D eigenvalue weighted by Crippen LogP contribution is -2.08. The summed E-state index contributed by atoms with van der Waals surface area (Å²) in [5, 5.41) is 13.0. The monoisotopic (exact) mass is 242 g/mol. The van der Waals surface area contributed by atoms with Crippen molar-refractivity contribution >= 4 is 17.6 Å². The van der Waals surface area contributed by atoms with E-state index in [9.17, 15) is 4.79 Å². The third-order valence-electron chi connectivity index (χ3n) is 1.93. The molecule has 0 aliphatic carbocycles. The van der Waals surface area contributed by atoms with Crippen molar-refractivity contribution in [2.24, 2.45) is 0 Å². The largest absolute Gasteiger partial charge is 0.493 e. The van der Waals surface area contributed by atoms with Crippen molar-refractivity contribution in [1.82, 2.24) is 9.78 Å². The van der Waals surface area contributed by atoms with Crippen LogP contribution in [0.5, 0.6) is 5.75 Å². The van der Waals surface area contributed by atoms with Crippen LogP contribution in [0.25, 0.3) is 5.88 Å². The summed E-state index contributed by atoms with van der Waals surface area (Å²) in [5.74, 6) is -0.799. The number of carboxylic acids is 1. The van der Waals surface area contributed by atoms with Gasteiger partial charge in [-0.05, 0) is 17.7 Å². The van der Waals surface area contributed by atoms with Gasteiger partial charge in [-0.1, -0.05) is 0 Å². The molecule has 0 atom stereocenters. The number of carboxylic acid groups (broad SMARTS) is 1. The Kier molecular flexibility index (Phi) is 2.57. The summed E-state index contributed by atoms with van der Waals surface area (Å²) >= 11 is 5.60. The molecule has 2 rings (SSSR count). The fourth-order valence-electron chi connectivity index (χ4n) is 1.26. The Morgan fingerprint density at radius 2 is 2.38 bits per heavy atom. The summed E-state index contributed by atoms with van der Waals surface area (Å²) in [7, 11) is 1.36. The zero-order chi connectivity index (χ0) is 11.7. The zero-order valence-corrected chi connectivity index (χ0v) is 8.93. The molecule has 0 fully saturated rings. The molecule has 0 unspecified atom stereocenters. The summed E-state index contributed by atoms with van der Waals surface area (Å²) in [6.45, 7) is 0. The van der Waals surface area contributed by atoms with E-state index in [0.29, 0.717) is 0 Å². The van der Waals surface area contributed by atoms with Gasteiger partial charge in [0.25, 0.3) is 0 Å². The van der Waals surface area contributed by atoms with E-state index in [1.807, 2.05) is 0 Å². The van der Waals surface area contributed by atoms with Gasteiger partial charge in [-0.2, -0.15) is 9.78 Å². The minimum atomic E-state index is -1.16. The number of nitrogens with zero attached hydrogens (tertiary/aromatic N) is 2. The molecule has 0 spiro atoms. The number of rotatable bonds is 3. The molecule has 0 radical (unpaired) electrons. The number of aromatic nitrogens is 2. The quantitative estimate of drug-likeness (QED) is 0.888. The molecule has 16 heavy (non-hydrogen) atoms. The third-order valence-corrected chi connectivity index (χ3v) is 2.13. The van der Waals surface area contributed by atoms with Crippen molar-refractivity contribution in [2.45, 2.75) is 0 Å². The number of hydrogen-bond donors (Lipinski definition) is 1. The van der Waals surface area contributed by atoms with Gasteiger partial charge in [-0.3, -0.25) is 0 Å². The number of aromatic carboxylic acids is 1. The number of hydrogen-bond acceptors (Lipinski definition) is 4. The Morgan fingerprint density at radius 3 is 2.88 bits per heavy atom. The van der Waals surface area contributed by atoms with E-state index >= 15 is 0 Å². The lowest BCUT2D eigenvalue weighted by Gasteiger charge is -2.01. The normalized spacial score (nSPS) is 10.4. The van der Waals surface area contributed by atoms with Crippen molar-refractivity contribution in [3.63, 3.8) is 0 Å². The third kappa shape index (κ3) is 1.63. The van der Waals surface area contributed by atoms with Crippen LogP contribution in [0.2, 0.25) is 5.22 Å². The SMILES string of the molecule is COc1cnn(-c2ccc(Cl)o2)c1C(=O)O. The Morgan fingerprint density at radius 1 is 1.62 bits per heavy atom. The summed E-state index contributed by atoms with van der Waals surface area (Å²) in [4.78, 5) is 11.0. The molecule has 7 heteroatoms. The Labute approximate surface area is 95.0 Å².